The van der Waals surface area contributed by atoms with Gasteiger partial charge in [-0.2, -0.15) is 10.4 Å². The molecular weight excluding hydrogens is 453 g/mol. The van der Waals surface area contributed by atoms with Crippen molar-refractivity contribution in [2.45, 2.75) is 32.0 Å². The lowest BCUT2D eigenvalue weighted by Crippen LogP contribution is -2.37. The molecule has 8 nitrogen and oxygen atoms in total. The first kappa shape index (κ1) is 21.1. The average molecular weight is 474 g/mol. The highest BCUT2D eigenvalue weighted by atomic mass is 35.5. The van der Waals surface area contributed by atoms with Crippen molar-refractivity contribution in [3.63, 3.8) is 0 Å². The average Bonchev–Trinajstić information content (AvgIpc) is 3.42. The number of nitriles is 1. The second-order valence-electron chi connectivity index (χ2n) is 7.97. The fourth-order valence-corrected chi connectivity index (χ4v) is 4.93. The van der Waals surface area contributed by atoms with E-state index in [-0.39, 0.29) is 18.7 Å². The van der Waals surface area contributed by atoms with Gasteiger partial charge in [0.15, 0.2) is 6.61 Å². The highest BCUT2D eigenvalue weighted by Crippen LogP contribution is 2.47. The van der Waals surface area contributed by atoms with E-state index in [0.717, 1.165) is 24.8 Å². The SMILES string of the molecule is CN1CCn2c(c(-c3cnn(C4CCCCO4)c3)c3c(OCC#N)cc(Cl)c(Cl)c32)C1=O. The first-order valence-corrected chi connectivity index (χ1v) is 11.2. The summed E-state index contributed by atoms with van der Waals surface area (Å²) in [6, 6.07) is 3.58. The molecule has 4 heterocycles. The van der Waals surface area contributed by atoms with Gasteiger partial charge >= 0.3 is 0 Å². The smallest absolute Gasteiger partial charge is 0.270 e. The van der Waals surface area contributed by atoms with E-state index in [9.17, 15) is 4.79 Å². The van der Waals surface area contributed by atoms with Crippen LogP contribution in [0.1, 0.15) is 36.0 Å². The van der Waals surface area contributed by atoms with Gasteiger partial charge in [0.2, 0.25) is 0 Å². The molecule has 0 aliphatic carbocycles. The Hall–Kier alpha value is -2.73. The van der Waals surface area contributed by atoms with E-state index < -0.39 is 0 Å². The lowest BCUT2D eigenvalue weighted by Gasteiger charge is -2.25. The fourth-order valence-electron chi connectivity index (χ4n) is 4.49. The lowest BCUT2D eigenvalue weighted by molar-refractivity contribution is -0.0394. The molecule has 2 aliphatic heterocycles. The Morgan fingerprint density at radius 2 is 2.19 bits per heavy atom. The quantitative estimate of drug-likeness (QED) is 0.556. The minimum absolute atomic E-state index is 0.123. The largest absolute Gasteiger partial charge is 0.478 e. The van der Waals surface area contributed by atoms with Gasteiger partial charge in [-0.3, -0.25) is 4.79 Å². The third kappa shape index (κ3) is 3.32. The molecule has 1 amide bonds. The van der Waals surface area contributed by atoms with Gasteiger partial charge in [0, 0.05) is 50.1 Å². The molecule has 3 aromatic rings. The second-order valence-corrected chi connectivity index (χ2v) is 8.76. The van der Waals surface area contributed by atoms with Crippen LogP contribution < -0.4 is 4.74 Å². The first-order valence-electron chi connectivity index (χ1n) is 10.5. The maximum Gasteiger partial charge on any atom is 0.270 e. The number of ether oxygens (including phenoxy) is 2. The highest BCUT2D eigenvalue weighted by Gasteiger charge is 2.33. The number of likely N-dealkylation sites (N-methyl/N-ethyl adjacent to an activating group) is 1. The number of hydrogen-bond donors (Lipinski definition) is 0. The maximum atomic E-state index is 13.3. The van der Waals surface area contributed by atoms with Crippen molar-refractivity contribution in [3.05, 3.63) is 34.2 Å². The molecular formula is C22H21Cl2N5O3. The molecule has 1 saturated heterocycles. The Kier molecular flexibility index (Phi) is 5.49. The van der Waals surface area contributed by atoms with Crippen molar-refractivity contribution in [1.82, 2.24) is 19.2 Å². The number of carbonyl (C=O) groups excluding carboxylic acids is 1. The normalized spacial score (nSPS) is 18.6. The number of halogens is 2. The molecule has 1 unspecified atom stereocenters. The van der Waals surface area contributed by atoms with E-state index in [0.29, 0.717) is 57.7 Å². The predicted octanol–water partition coefficient (Wildman–Crippen LogP) is 4.50. The lowest BCUT2D eigenvalue weighted by atomic mass is 10.0. The zero-order valence-electron chi connectivity index (χ0n) is 17.5. The van der Waals surface area contributed by atoms with E-state index in [1.54, 1.807) is 28.9 Å². The first-order chi connectivity index (χ1) is 15.5. The van der Waals surface area contributed by atoms with Crippen molar-refractivity contribution in [2.24, 2.45) is 0 Å². The van der Waals surface area contributed by atoms with E-state index in [4.69, 9.17) is 37.9 Å². The van der Waals surface area contributed by atoms with Gasteiger partial charge in [0.1, 0.15) is 23.7 Å². The molecule has 2 aliphatic rings. The number of aromatic nitrogens is 3. The zero-order chi connectivity index (χ0) is 22.4. The molecule has 10 heteroatoms. The van der Waals surface area contributed by atoms with Crippen LogP contribution in [0.2, 0.25) is 10.0 Å². The molecule has 0 N–H and O–H groups in total. The zero-order valence-corrected chi connectivity index (χ0v) is 19.0. The minimum atomic E-state index is -0.157. The number of nitrogens with zero attached hydrogens (tertiary/aromatic N) is 5. The van der Waals surface area contributed by atoms with Crippen LogP contribution in [0.3, 0.4) is 0 Å². The van der Waals surface area contributed by atoms with Crippen LogP contribution in [-0.2, 0) is 11.3 Å². The molecule has 0 spiro atoms. The number of rotatable bonds is 4. The van der Waals surface area contributed by atoms with E-state index in [1.165, 1.54) is 0 Å². The molecule has 166 valence electrons. The van der Waals surface area contributed by atoms with Gasteiger partial charge in [0.25, 0.3) is 5.91 Å². The Morgan fingerprint density at radius 3 is 2.94 bits per heavy atom. The van der Waals surface area contributed by atoms with Gasteiger partial charge < -0.3 is 18.9 Å². The monoisotopic (exact) mass is 473 g/mol. The summed E-state index contributed by atoms with van der Waals surface area (Å²) in [5.41, 5.74) is 2.55. The number of amides is 1. The van der Waals surface area contributed by atoms with Gasteiger partial charge in [-0.25, -0.2) is 4.68 Å². The second kappa shape index (κ2) is 8.32. The standard InChI is InChI=1S/C22H21Cl2N5O3/c1-27-6-7-28-20-18(15(31-9-5-25)10-14(23)19(20)24)17(21(28)22(27)30)13-11-26-29(12-13)16-4-2-3-8-32-16/h10-12,16H,2-4,6-9H2,1H3. The summed E-state index contributed by atoms with van der Waals surface area (Å²) in [5.74, 6) is 0.285. The van der Waals surface area contributed by atoms with Crippen LogP contribution >= 0.6 is 23.2 Å². The van der Waals surface area contributed by atoms with Crippen LogP contribution in [0, 0.1) is 11.3 Å². The minimum Gasteiger partial charge on any atom is -0.478 e. The van der Waals surface area contributed by atoms with E-state index >= 15 is 0 Å². The Labute approximate surface area is 194 Å². The van der Waals surface area contributed by atoms with Crippen LogP contribution in [0.15, 0.2) is 18.5 Å². The van der Waals surface area contributed by atoms with Crippen molar-refractivity contribution >= 4 is 40.0 Å². The summed E-state index contributed by atoms with van der Waals surface area (Å²) in [4.78, 5) is 15.0. The summed E-state index contributed by atoms with van der Waals surface area (Å²) < 4.78 is 15.3. The van der Waals surface area contributed by atoms with Crippen molar-refractivity contribution in [1.29, 1.82) is 5.26 Å². The Balaban J connectivity index is 1.78. The summed E-state index contributed by atoms with van der Waals surface area (Å²) in [6.07, 6.45) is 6.49. The van der Waals surface area contributed by atoms with Crippen molar-refractivity contribution in [2.75, 3.05) is 26.8 Å². The van der Waals surface area contributed by atoms with E-state index in [1.807, 2.05) is 16.8 Å². The number of carbonyl (C=O) groups is 1. The molecule has 1 fully saturated rings. The maximum absolute atomic E-state index is 13.3. The van der Waals surface area contributed by atoms with Gasteiger partial charge in [-0.1, -0.05) is 23.2 Å². The van der Waals surface area contributed by atoms with Gasteiger partial charge in [-0.15, -0.1) is 0 Å². The van der Waals surface area contributed by atoms with Crippen LogP contribution in [0.5, 0.6) is 5.75 Å². The van der Waals surface area contributed by atoms with Crippen molar-refractivity contribution < 1.29 is 14.3 Å². The molecule has 2 aromatic heterocycles. The Morgan fingerprint density at radius 1 is 1.34 bits per heavy atom. The van der Waals surface area contributed by atoms with E-state index in [2.05, 4.69) is 5.10 Å². The molecule has 0 radical (unpaired) electrons. The molecule has 32 heavy (non-hydrogen) atoms. The molecule has 1 aromatic carbocycles. The summed E-state index contributed by atoms with van der Waals surface area (Å²) >= 11 is 13.0. The molecule has 0 saturated carbocycles. The predicted molar refractivity (Wildman–Crippen MR) is 120 cm³/mol. The molecule has 0 bridgehead atoms. The van der Waals surface area contributed by atoms with Gasteiger partial charge in [-0.05, 0) is 19.3 Å². The third-order valence-corrected chi connectivity index (χ3v) is 6.80. The summed E-state index contributed by atoms with van der Waals surface area (Å²) in [5, 5.41) is 14.9. The number of hydrogen-bond acceptors (Lipinski definition) is 5. The summed E-state index contributed by atoms with van der Waals surface area (Å²) in [7, 11) is 1.77. The van der Waals surface area contributed by atoms with Crippen LogP contribution in [0.25, 0.3) is 22.0 Å². The number of benzene rings is 1. The highest BCUT2D eigenvalue weighted by molar-refractivity contribution is 6.46. The molecule has 1 atom stereocenters. The van der Waals surface area contributed by atoms with Crippen molar-refractivity contribution in [3.8, 4) is 22.9 Å². The van der Waals surface area contributed by atoms with Crippen LogP contribution in [-0.4, -0.2) is 52.0 Å². The Bertz CT molecular complexity index is 1250. The summed E-state index contributed by atoms with van der Waals surface area (Å²) in [6.45, 7) is 1.65. The van der Waals surface area contributed by atoms with Crippen LogP contribution in [0.4, 0.5) is 0 Å². The fraction of sp³-hybridized carbons (Fsp3) is 0.409. The topological polar surface area (TPSA) is 85.3 Å². The molecule has 5 rings (SSSR count). The number of fused-ring (bicyclic) bond motifs is 3. The van der Waals surface area contributed by atoms with Gasteiger partial charge in [0.05, 0.1) is 27.1 Å². The third-order valence-electron chi connectivity index (χ3n) is 6.03.